The second-order valence-corrected chi connectivity index (χ2v) is 7.41. The average Bonchev–Trinajstić information content (AvgIpc) is 2.56. The summed E-state index contributed by atoms with van der Waals surface area (Å²) in [4.78, 5) is 16.4. The standard InChI is InChI=1S/C19H31FN4O.HI/c1-7-22-17(24-13-19(4,5)16(25)21-6)23-12-18(2,3)14-9-8-10-15(20)11-14;/h8-11H,7,12-13H2,1-6H3,(H,21,25)(H2,22,23,24);1H. The summed E-state index contributed by atoms with van der Waals surface area (Å²) in [6.45, 7) is 11.5. The first kappa shape index (κ1) is 24.6. The molecule has 0 aromatic heterocycles. The van der Waals surface area contributed by atoms with E-state index in [-0.39, 0.29) is 41.1 Å². The number of hydrogen-bond acceptors (Lipinski definition) is 2. The molecule has 1 aromatic rings. The maximum absolute atomic E-state index is 13.5. The third kappa shape index (κ3) is 7.47. The van der Waals surface area contributed by atoms with Gasteiger partial charge in [-0.15, -0.1) is 24.0 Å². The molecule has 0 aliphatic rings. The number of carbonyl (C=O) groups excluding carboxylic acids is 1. The van der Waals surface area contributed by atoms with Crippen LogP contribution in [0.2, 0.25) is 0 Å². The summed E-state index contributed by atoms with van der Waals surface area (Å²) in [5.74, 6) is 0.356. The molecule has 0 saturated carbocycles. The molecule has 1 aromatic carbocycles. The molecule has 3 N–H and O–H groups in total. The van der Waals surface area contributed by atoms with E-state index in [0.717, 1.165) is 5.56 Å². The molecule has 0 spiro atoms. The molecular formula is C19H32FIN4O. The predicted molar refractivity (Wildman–Crippen MR) is 117 cm³/mol. The predicted octanol–water partition coefficient (Wildman–Crippen LogP) is 3.05. The van der Waals surface area contributed by atoms with Gasteiger partial charge in [-0.1, -0.05) is 26.0 Å². The van der Waals surface area contributed by atoms with Crippen LogP contribution in [0, 0.1) is 11.2 Å². The molecule has 26 heavy (non-hydrogen) atoms. The van der Waals surface area contributed by atoms with E-state index in [2.05, 4.69) is 20.9 Å². The Bertz CT molecular complexity index is 617. The van der Waals surface area contributed by atoms with Crippen molar-refractivity contribution in [3.05, 3.63) is 35.6 Å². The second kappa shape index (κ2) is 10.7. The summed E-state index contributed by atoms with van der Waals surface area (Å²) in [7, 11) is 1.62. The van der Waals surface area contributed by atoms with Gasteiger partial charge in [0.2, 0.25) is 5.91 Å². The highest BCUT2D eigenvalue weighted by Gasteiger charge is 2.27. The Labute approximate surface area is 173 Å². The third-order valence-electron chi connectivity index (χ3n) is 4.12. The molecule has 1 rings (SSSR count). The maximum Gasteiger partial charge on any atom is 0.227 e. The molecule has 0 fully saturated rings. The van der Waals surface area contributed by atoms with Crippen LogP contribution in [-0.4, -0.2) is 38.5 Å². The number of nitrogens with one attached hydrogen (secondary N) is 3. The van der Waals surface area contributed by atoms with E-state index < -0.39 is 5.41 Å². The smallest absolute Gasteiger partial charge is 0.227 e. The summed E-state index contributed by atoms with van der Waals surface area (Å²) in [5.41, 5.74) is 0.0607. The van der Waals surface area contributed by atoms with Gasteiger partial charge in [0, 0.05) is 25.6 Å². The van der Waals surface area contributed by atoms with Crippen LogP contribution in [0.5, 0.6) is 0 Å². The summed E-state index contributed by atoms with van der Waals surface area (Å²) < 4.78 is 13.5. The van der Waals surface area contributed by atoms with Crippen molar-refractivity contribution in [3.63, 3.8) is 0 Å². The number of rotatable bonds is 7. The van der Waals surface area contributed by atoms with Crippen molar-refractivity contribution in [1.82, 2.24) is 16.0 Å². The highest BCUT2D eigenvalue weighted by Crippen LogP contribution is 2.23. The molecule has 1 amide bonds. The summed E-state index contributed by atoms with van der Waals surface area (Å²) in [5, 5.41) is 9.13. The zero-order valence-corrected chi connectivity index (χ0v) is 18.9. The van der Waals surface area contributed by atoms with Crippen molar-refractivity contribution in [3.8, 4) is 0 Å². The summed E-state index contributed by atoms with van der Waals surface area (Å²) in [6.07, 6.45) is 0. The molecule has 148 valence electrons. The van der Waals surface area contributed by atoms with Crippen LogP contribution in [0.25, 0.3) is 0 Å². The molecular weight excluding hydrogens is 446 g/mol. The van der Waals surface area contributed by atoms with Gasteiger partial charge in [0.05, 0.1) is 12.0 Å². The first-order valence-electron chi connectivity index (χ1n) is 8.63. The number of halogens is 2. The lowest BCUT2D eigenvalue weighted by Gasteiger charge is -2.27. The van der Waals surface area contributed by atoms with Crippen LogP contribution in [-0.2, 0) is 10.2 Å². The van der Waals surface area contributed by atoms with E-state index in [1.165, 1.54) is 6.07 Å². The van der Waals surface area contributed by atoms with Gasteiger partial charge in [0.1, 0.15) is 5.82 Å². The van der Waals surface area contributed by atoms with Crippen molar-refractivity contribution >= 4 is 35.8 Å². The fraction of sp³-hybridized carbons (Fsp3) is 0.579. The maximum atomic E-state index is 13.5. The van der Waals surface area contributed by atoms with E-state index >= 15 is 0 Å². The Balaban J connectivity index is 0.00000625. The van der Waals surface area contributed by atoms with E-state index in [0.29, 0.717) is 25.6 Å². The van der Waals surface area contributed by atoms with Crippen LogP contribution in [0.1, 0.15) is 40.2 Å². The minimum Gasteiger partial charge on any atom is -0.359 e. The number of guanidine groups is 1. The van der Waals surface area contributed by atoms with E-state index in [9.17, 15) is 9.18 Å². The lowest BCUT2D eigenvalue weighted by molar-refractivity contribution is -0.128. The van der Waals surface area contributed by atoms with Gasteiger partial charge in [-0.05, 0) is 38.5 Å². The van der Waals surface area contributed by atoms with Gasteiger partial charge in [-0.3, -0.25) is 9.79 Å². The molecule has 0 atom stereocenters. The lowest BCUT2D eigenvalue weighted by atomic mass is 9.84. The van der Waals surface area contributed by atoms with Crippen molar-refractivity contribution in [2.24, 2.45) is 10.4 Å². The molecule has 0 radical (unpaired) electrons. The Morgan fingerprint density at radius 1 is 1.19 bits per heavy atom. The summed E-state index contributed by atoms with van der Waals surface area (Å²) in [6, 6.07) is 6.64. The minimum atomic E-state index is -0.588. The molecule has 0 saturated heterocycles. The van der Waals surface area contributed by atoms with Crippen LogP contribution >= 0.6 is 24.0 Å². The van der Waals surface area contributed by atoms with Crippen LogP contribution in [0.15, 0.2) is 29.3 Å². The number of amides is 1. The van der Waals surface area contributed by atoms with Crippen molar-refractivity contribution in [2.45, 2.75) is 40.0 Å². The number of aliphatic imine (C=N–C) groups is 1. The zero-order valence-electron chi connectivity index (χ0n) is 16.6. The largest absolute Gasteiger partial charge is 0.359 e. The number of nitrogens with zero attached hydrogens (tertiary/aromatic N) is 1. The topological polar surface area (TPSA) is 65.5 Å². The lowest BCUT2D eigenvalue weighted by Crippen LogP contribution is -2.44. The number of benzene rings is 1. The Hall–Kier alpha value is -1.38. The number of hydrogen-bond donors (Lipinski definition) is 3. The SMILES string of the molecule is CCNC(=NCC(C)(C)C(=O)NC)NCC(C)(C)c1cccc(F)c1.I. The molecule has 5 nitrogen and oxygen atoms in total. The highest BCUT2D eigenvalue weighted by atomic mass is 127. The Kier molecular flexibility index (Phi) is 10.1. The molecule has 0 aliphatic heterocycles. The molecule has 7 heteroatoms. The fourth-order valence-corrected chi connectivity index (χ4v) is 2.34. The Morgan fingerprint density at radius 2 is 1.85 bits per heavy atom. The highest BCUT2D eigenvalue weighted by molar-refractivity contribution is 14.0. The molecule has 0 bridgehead atoms. The van der Waals surface area contributed by atoms with E-state index in [4.69, 9.17) is 0 Å². The van der Waals surface area contributed by atoms with Crippen molar-refractivity contribution < 1.29 is 9.18 Å². The van der Waals surface area contributed by atoms with Gasteiger partial charge in [-0.25, -0.2) is 4.39 Å². The van der Waals surface area contributed by atoms with Gasteiger partial charge >= 0.3 is 0 Å². The Morgan fingerprint density at radius 3 is 2.38 bits per heavy atom. The molecule has 0 aliphatic carbocycles. The monoisotopic (exact) mass is 478 g/mol. The van der Waals surface area contributed by atoms with Crippen LogP contribution < -0.4 is 16.0 Å². The molecule has 0 unspecified atom stereocenters. The quantitative estimate of drug-likeness (QED) is 0.321. The van der Waals surface area contributed by atoms with E-state index in [1.54, 1.807) is 19.2 Å². The minimum absolute atomic E-state index is 0. The van der Waals surface area contributed by atoms with Crippen LogP contribution in [0.3, 0.4) is 0 Å². The fourth-order valence-electron chi connectivity index (χ4n) is 2.34. The first-order chi connectivity index (χ1) is 11.6. The first-order valence-corrected chi connectivity index (χ1v) is 8.63. The number of carbonyl (C=O) groups is 1. The zero-order chi connectivity index (χ0) is 19.1. The molecule has 0 heterocycles. The van der Waals surface area contributed by atoms with Crippen molar-refractivity contribution in [2.75, 3.05) is 26.7 Å². The normalized spacial score (nSPS) is 12.2. The van der Waals surface area contributed by atoms with Crippen molar-refractivity contribution in [1.29, 1.82) is 0 Å². The van der Waals surface area contributed by atoms with Gasteiger partial charge < -0.3 is 16.0 Å². The third-order valence-corrected chi connectivity index (χ3v) is 4.12. The summed E-state index contributed by atoms with van der Waals surface area (Å²) >= 11 is 0. The second-order valence-electron chi connectivity index (χ2n) is 7.41. The van der Waals surface area contributed by atoms with E-state index in [1.807, 2.05) is 40.7 Å². The average molecular weight is 478 g/mol. The van der Waals surface area contributed by atoms with Gasteiger partial charge in [0.15, 0.2) is 5.96 Å². The van der Waals surface area contributed by atoms with Gasteiger partial charge in [0.25, 0.3) is 0 Å². The van der Waals surface area contributed by atoms with Crippen LogP contribution in [0.4, 0.5) is 4.39 Å². The van der Waals surface area contributed by atoms with Gasteiger partial charge in [-0.2, -0.15) is 0 Å².